The lowest BCUT2D eigenvalue weighted by Crippen LogP contribution is -2.57. The molecule has 1 saturated heterocycles. The fourth-order valence-electron chi connectivity index (χ4n) is 2.21. The van der Waals surface area contributed by atoms with Crippen LogP contribution in [0, 0.1) is 6.92 Å². The second-order valence-corrected chi connectivity index (χ2v) is 7.65. The molecular formula is C14H21NO3S. The zero-order valence-electron chi connectivity index (χ0n) is 11.9. The van der Waals surface area contributed by atoms with E-state index < -0.39 is 15.6 Å². The molecule has 0 bridgehead atoms. The van der Waals surface area contributed by atoms with Crippen LogP contribution >= 0.6 is 0 Å². The summed E-state index contributed by atoms with van der Waals surface area (Å²) in [4.78, 5) is 0.347. The fraction of sp³-hybridized carbons (Fsp3) is 0.571. The molecule has 0 aliphatic carbocycles. The van der Waals surface area contributed by atoms with Crippen molar-refractivity contribution in [2.45, 2.75) is 44.2 Å². The third-order valence-electron chi connectivity index (χ3n) is 3.43. The molecule has 0 spiro atoms. The second kappa shape index (κ2) is 4.89. The number of ether oxygens (including phenoxy) is 1. The summed E-state index contributed by atoms with van der Waals surface area (Å²) >= 11 is 0. The molecule has 0 aromatic heterocycles. The van der Waals surface area contributed by atoms with E-state index in [9.17, 15) is 8.42 Å². The first-order chi connectivity index (χ1) is 8.73. The Balaban J connectivity index is 2.40. The standard InChI is InChI=1S/C14H21NO3S/c1-11-5-7-13(8-6-11)19(16,17)15-9-12(2)18-10-14(15,3)4/h5-8,12H,9-10H2,1-4H3. The summed E-state index contributed by atoms with van der Waals surface area (Å²) in [5, 5.41) is 0. The van der Waals surface area contributed by atoms with E-state index in [1.165, 1.54) is 0 Å². The normalized spacial score (nSPS) is 24.3. The Morgan fingerprint density at radius 2 is 1.84 bits per heavy atom. The highest BCUT2D eigenvalue weighted by Crippen LogP contribution is 2.29. The van der Waals surface area contributed by atoms with Crippen LogP contribution in [0.25, 0.3) is 0 Å². The van der Waals surface area contributed by atoms with Crippen LogP contribution in [0.4, 0.5) is 0 Å². The lowest BCUT2D eigenvalue weighted by atomic mass is 10.1. The topological polar surface area (TPSA) is 46.6 Å². The van der Waals surface area contributed by atoms with Gasteiger partial charge in [-0.15, -0.1) is 0 Å². The van der Waals surface area contributed by atoms with Crippen molar-refractivity contribution in [1.82, 2.24) is 4.31 Å². The number of aryl methyl sites for hydroxylation is 1. The monoisotopic (exact) mass is 283 g/mol. The molecule has 0 amide bonds. The zero-order chi connectivity index (χ0) is 14.3. The van der Waals surface area contributed by atoms with Crippen LogP contribution in [-0.4, -0.2) is 37.5 Å². The van der Waals surface area contributed by atoms with Crippen molar-refractivity contribution in [3.8, 4) is 0 Å². The molecule has 0 radical (unpaired) electrons. The molecule has 1 aromatic rings. The van der Waals surface area contributed by atoms with E-state index in [2.05, 4.69) is 0 Å². The SMILES string of the molecule is Cc1ccc(S(=O)(=O)N2CC(C)OCC2(C)C)cc1. The number of hydrogen-bond donors (Lipinski definition) is 0. The van der Waals surface area contributed by atoms with Crippen LogP contribution in [0.1, 0.15) is 26.3 Å². The number of benzene rings is 1. The Labute approximate surface area is 115 Å². The van der Waals surface area contributed by atoms with E-state index in [1.807, 2.05) is 39.8 Å². The maximum Gasteiger partial charge on any atom is 0.243 e. The maximum absolute atomic E-state index is 12.7. The van der Waals surface area contributed by atoms with Gasteiger partial charge in [0.25, 0.3) is 0 Å². The molecule has 1 unspecified atom stereocenters. The first-order valence-corrected chi connectivity index (χ1v) is 7.88. The highest BCUT2D eigenvalue weighted by molar-refractivity contribution is 7.89. The summed E-state index contributed by atoms with van der Waals surface area (Å²) in [6.45, 7) is 8.43. The number of hydrogen-bond acceptors (Lipinski definition) is 3. The van der Waals surface area contributed by atoms with Crippen LogP contribution in [0.5, 0.6) is 0 Å². The van der Waals surface area contributed by atoms with Crippen LogP contribution in [-0.2, 0) is 14.8 Å². The minimum Gasteiger partial charge on any atom is -0.375 e. The van der Waals surface area contributed by atoms with Crippen LogP contribution in [0.15, 0.2) is 29.2 Å². The molecule has 5 heteroatoms. The van der Waals surface area contributed by atoms with Crippen LogP contribution in [0.3, 0.4) is 0 Å². The van der Waals surface area contributed by atoms with E-state index in [1.54, 1.807) is 16.4 Å². The first kappa shape index (κ1) is 14.5. The van der Waals surface area contributed by atoms with Crippen LogP contribution in [0.2, 0.25) is 0 Å². The van der Waals surface area contributed by atoms with Crippen molar-refractivity contribution >= 4 is 10.0 Å². The van der Waals surface area contributed by atoms with Crippen molar-refractivity contribution in [3.05, 3.63) is 29.8 Å². The third-order valence-corrected chi connectivity index (χ3v) is 5.52. The van der Waals surface area contributed by atoms with Gasteiger partial charge < -0.3 is 4.74 Å². The molecule has 4 nitrogen and oxygen atoms in total. The number of rotatable bonds is 2. The van der Waals surface area contributed by atoms with Gasteiger partial charge in [0.05, 0.1) is 23.1 Å². The summed E-state index contributed by atoms with van der Waals surface area (Å²) in [5.74, 6) is 0. The largest absolute Gasteiger partial charge is 0.375 e. The van der Waals surface area contributed by atoms with Gasteiger partial charge in [0.1, 0.15) is 0 Å². The smallest absolute Gasteiger partial charge is 0.243 e. The lowest BCUT2D eigenvalue weighted by molar-refractivity contribution is -0.0551. The molecule has 1 heterocycles. The molecule has 1 aliphatic heterocycles. The van der Waals surface area contributed by atoms with Gasteiger partial charge in [-0.3, -0.25) is 0 Å². The second-order valence-electron chi connectivity index (χ2n) is 5.78. The van der Waals surface area contributed by atoms with Crippen molar-refractivity contribution in [1.29, 1.82) is 0 Å². The molecule has 19 heavy (non-hydrogen) atoms. The molecule has 0 saturated carbocycles. The summed E-state index contributed by atoms with van der Waals surface area (Å²) in [6, 6.07) is 6.98. The molecule has 2 rings (SSSR count). The quantitative estimate of drug-likeness (QED) is 0.836. The summed E-state index contributed by atoms with van der Waals surface area (Å²) in [7, 11) is -3.47. The molecule has 1 aromatic carbocycles. The van der Waals surface area contributed by atoms with Crippen molar-refractivity contribution < 1.29 is 13.2 Å². The number of sulfonamides is 1. The van der Waals surface area contributed by atoms with Crippen LogP contribution < -0.4 is 0 Å². The Morgan fingerprint density at radius 1 is 1.26 bits per heavy atom. The molecular weight excluding hydrogens is 262 g/mol. The van der Waals surface area contributed by atoms with E-state index in [4.69, 9.17) is 4.74 Å². The lowest BCUT2D eigenvalue weighted by Gasteiger charge is -2.43. The average molecular weight is 283 g/mol. The van der Waals surface area contributed by atoms with Crippen molar-refractivity contribution in [2.24, 2.45) is 0 Å². The van der Waals surface area contributed by atoms with Gasteiger partial charge in [-0.1, -0.05) is 17.7 Å². The van der Waals surface area contributed by atoms with Gasteiger partial charge >= 0.3 is 0 Å². The van der Waals surface area contributed by atoms with E-state index >= 15 is 0 Å². The van der Waals surface area contributed by atoms with Gasteiger partial charge in [-0.05, 0) is 39.8 Å². The minimum absolute atomic E-state index is 0.0757. The Morgan fingerprint density at radius 3 is 2.42 bits per heavy atom. The van der Waals surface area contributed by atoms with Gasteiger partial charge in [0.15, 0.2) is 0 Å². The highest BCUT2D eigenvalue weighted by Gasteiger charge is 2.41. The molecule has 1 fully saturated rings. The maximum atomic E-state index is 12.7. The molecule has 1 atom stereocenters. The summed E-state index contributed by atoms with van der Waals surface area (Å²) in [5.41, 5.74) is 0.532. The summed E-state index contributed by atoms with van der Waals surface area (Å²) < 4.78 is 32.6. The van der Waals surface area contributed by atoms with Gasteiger partial charge in [-0.2, -0.15) is 4.31 Å². The van der Waals surface area contributed by atoms with Crippen molar-refractivity contribution in [3.63, 3.8) is 0 Å². The van der Waals surface area contributed by atoms with Gasteiger partial charge in [-0.25, -0.2) is 8.42 Å². The van der Waals surface area contributed by atoms with E-state index in [0.29, 0.717) is 18.0 Å². The van der Waals surface area contributed by atoms with Gasteiger partial charge in [0, 0.05) is 6.54 Å². The minimum atomic E-state index is -3.47. The first-order valence-electron chi connectivity index (χ1n) is 6.44. The third kappa shape index (κ3) is 2.83. The predicted octanol–water partition coefficient (Wildman–Crippen LogP) is 2.18. The van der Waals surface area contributed by atoms with Gasteiger partial charge in [0.2, 0.25) is 10.0 Å². The Kier molecular flexibility index (Phi) is 3.73. The highest BCUT2D eigenvalue weighted by atomic mass is 32.2. The molecule has 0 N–H and O–H groups in total. The number of nitrogens with zero attached hydrogens (tertiary/aromatic N) is 1. The number of morpholine rings is 1. The van der Waals surface area contributed by atoms with E-state index in [-0.39, 0.29) is 6.10 Å². The molecule has 1 aliphatic rings. The Hall–Kier alpha value is -0.910. The average Bonchev–Trinajstić information content (AvgIpc) is 2.33. The fourth-order valence-corrected chi connectivity index (χ4v) is 4.06. The predicted molar refractivity (Wildman–Crippen MR) is 74.6 cm³/mol. The van der Waals surface area contributed by atoms with E-state index in [0.717, 1.165) is 5.56 Å². The summed E-state index contributed by atoms with van der Waals surface area (Å²) in [6.07, 6.45) is -0.0757. The Bertz CT molecular complexity index is 549. The molecule has 106 valence electrons. The van der Waals surface area contributed by atoms with Crippen molar-refractivity contribution in [2.75, 3.05) is 13.2 Å². The zero-order valence-corrected chi connectivity index (χ0v) is 12.7.